The molecule has 0 heterocycles. The molecule has 0 saturated heterocycles. The zero-order valence-electron chi connectivity index (χ0n) is 10.5. The Hall–Kier alpha value is -0.200. The molecule has 0 radical (unpaired) electrons. The minimum atomic E-state index is -0.804. The standard InChI is InChI=1S/C11H25NO4/c1-4-16-8-10(13)7-12-9-11(2,14)5-6-15-3/h10,12-14H,4-9H2,1-3H3. The second-order valence-corrected chi connectivity index (χ2v) is 4.18. The van der Waals surface area contributed by atoms with Gasteiger partial charge in [-0.1, -0.05) is 0 Å². The molecule has 0 aliphatic heterocycles. The van der Waals surface area contributed by atoms with Crippen molar-refractivity contribution in [3.05, 3.63) is 0 Å². The van der Waals surface area contributed by atoms with Crippen LogP contribution in [-0.2, 0) is 9.47 Å². The molecule has 0 spiro atoms. The van der Waals surface area contributed by atoms with E-state index in [0.29, 0.717) is 39.3 Å². The predicted octanol–water partition coefficient (Wildman–Crippen LogP) is -0.239. The Kier molecular flexibility index (Phi) is 8.78. The quantitative estimate of drug-likeness (QED) is 0.487. The lowest BCUT2D eigenvalue weighted by molar-refractivity contribution is 0.0146. The topological polar surface area (TPSA) is 71.0 Å². The lowest BCUT2D eigenvalue weighted by atomic mass is 10.0. The van der Waals surface area contributed by atoms with Gasteiger partial charge in [0.1, 0.15) is 0 Å². The van der Waals surface area contributed by atoms with E-state index in [4.69, 9.17) is 9.47 Å². The Balaban J connectivity index is 3.54. The van der Waals surface area contributed by atoms with Crippen molar-refractivity contribution < 1.29 is 19.7 Å². The first-order chi connectivity index (χ1) is 7.52. The molecule has 0 amide bonds. The molecule has 2 unspecified atom stereocenters. The maximum atomic E-state index is 9.88. The number of hydrogen-bond acceptors (Lipinski definition) is 5. The van der Waals surface area contributed by atoms with Gasteiger partial charge < -0.3 is 25.0 Å². The maximum absolute atomic E-state index is 9.88. The van der Waals surface area contributed by atoms with E-state index in [-0.39, 0.29) is 0 Å². The summed E-state index contributed by atoms with van der Waals surface area (Å²) in [5, 5.41) is 22.3. The lowest BCUT2D eigenvalue weighted by Gasteiger charge is -2.24. The minimum absolute atomic E-state index is 0.323. The molecule has 0 aromatic carbocycles. The van der Waals surface area contributed by atoms with E-state index in [9.17, 15) is 10.2 Å². The number of ether oxygens (including phenoxy) is 2. The number of hydrogen-bond donors (Lipinski definition) is 3. The number of aliphatic hydroxyl groups is 2. The molecular weight excluding hydrogens is 210 g/mol. The second kappa shape index (κ2) is 8.90. The highest BCUT2D eigenvalue weighted by Crippen LogP contribution is 2.07. The Bertz CT molecular complexity index is 164. The highest BCUT2D eigenvalue weighted by atomic mass is 16.5. The van der Waals surface area contributed by atoms with Gasteiger partial charge in [0, 0.05) is 39.8 Å². The van der Waals surface area contributed by atoms with Crippen molar-refractivity contribution in [2.75, 3.05) is 40.0 Å². The van der Waals surface area contributed by atoms with Gasteiger partial charge >= 0.3 is 0 Å². The van der Waals surface area contributed by atoms with Gasteiger partial charge in [-0.25, -0.2) is 0 Å². The second-order valence-electron chi connectivity index (χ2n) is 4.18. The zero-order valence-corrected chi connectivity index (χ0v) is 10.5. The monoisotopic (exact) mass is 235 g/mol. The fraction of sp³-hybridized carbons (Fsp3) is 1.00. The zero-order chi connectivity index (χ0) is 12.4. The van der Waals surface area contributed by atoms with Crippen molar-refractivity contribution >= 4 is 0 Å². The molecule has 16 heavy (non-hydrogen) atoms. The largest absolute Gasteiger partial charge is 0.389 e. The summed E-state index contributed by atoms with van der Waals surface area (Å²) in [5.74, 6) is 0. The predicted molar refractivity (Wildman–Crippen MR) is 62.5 cm³/mol. The van der Waals surface area contributed by atoms with Crippen LogP contribution < -0.4 is 5.32 Å². The van der Waals surface area contributed by atoms with Gasteiger partial charge in [-0.2, -0.15) is 0 Å². The van der Waals surface area contributed by atoms with E-state index >= 15 is 0 Å². The summed E-state index contributed by atoms with van der Waals surface area (Å²) in [7, 11) is 1.61. The van der Waals surface area contributed by atoms with Crippen LogP contribution in [0.5, 0.6) is 0 Å². The number of nitrogens with one attached hydrogen (secondary N) is 1. The average molecular weight is 235 g/mol. The van der Waals surface area contributed by atoms with Crippen molar-refractivity contribution in [1.82, 2.24) is 5.32 Å². The van der Waals surface area contributed by atoms with Gasteiger partial charge in [0.15, 0.2) is 0 Å². The first-order valence-electron chi connectivity index (χ1n) is 5.69. The summed E-state index contributed by atoms with van der Waals surface area (Å²) in [4.78, 5) is 0. The summed E-state index contributed by atoms with van der Waals surface area (Å²) < 4.78 is 9.97. The highest BCUT2D eigenvalue weighted by molar-refractivity contribution is 4.75. The van der Waals surface area contributed by atoms with Crippen LogP contribution in [0, 0.1) is 0 Å². The molecular formula is C11H25NO4. The first-order valence-corrected chi connectivity index (χ1v) is 5.69. The van der Waals surface area contributed by atoms with Crippen LogP contribution in [0.15, 0.2) is 0 Å². The van der Waals surface area contributed by atoms with Crippen LogP contribution in [0.1, 0.15) is 20.3 Å². The molecule has 2 atom stereocenters. The van der Waals surface area contributed by atoms with Crippen LogP contribution in [0.25, 0.3) is 0 Å². The SMILES string of the molecule is CCOCC(O)CNCC(C)(O)CCOC. The molecule has 0 rings (SSSR count). The van der Waals surface area contributed by atoms with E-state index in [1.807, 2.05) is 6.92 Å². The maximum Gasteiger partial charge on any atom is 0.0897 e. The van der Waals surface area contributed by atoms with E-state index in [2.05, 4.69) is 5.32 Å². The Morgan fingerprint density at radius 2 is 2.12 bits per heavy atom. The van der Waals surface area contributed by atoms with E-state index in [1.165, 1.54) is 0 Å². The number of aliphatic hydroxyl groups excluding tert-OH is 1. The van der Waals surface area contributed by atoms with Gasteiger partial charge in [0.25, 0.3) is 0 Å². The summed E-state index contributed by atoms with van der Waals surface area (Å²) in [6, 6.07) is 0. The molecule has 3 N–H and O–H groups in total. The fourth-order valence-corrected chi connectivity index (χ4v) is 1.23. The number of methoxy groups -OCH3 is 1. The molecule has 0 aromatic rings. The molecule has 5 heteroatoms. The van der Waals surface area contributed by atoms with Crippen molar-refractivity contribution in [3.63, 3.8) is 0 Å². The Morgan fingerprint density at radius 1 is 1.44 bits per heavy atom. The van der Waals surface area contributed by atoms with Crippen LogP contribution >= 0.6 is 0 Å². The summed E-state index contributed by atoms with van der Waals surface area (Å²) in [6.45, 7) is 5.93. The van der Waals surface area contributed by atoms with Crippen molar-refractivity contribution in [1.29, 1.82) is 0 Å². The molecule has 0 bridgehead atoms. The smallest absolute Gasteiger partial charge is 0.0897 e. The third kappa shape index (κ3) is 9.06. The molecule has 0 fully saturated rings. The Morgan fingerprint density at radius 3 is 2.69 bits per heavy atom. The van der Waals surface area contributed by atoms with Gasteiger partial charge in [-0.3, -0.25) is 0 Å². The first kappa shape index (κ1) is 15.8. The van der Waals surface area contributed by atoms with E-state index < -0.39 is 11.7 Å². The summed E-state index contributed by atoms with van der Waals surface area (Å²) in [6.07, 6.45) is 0.0380. The molecule has 0 aliphatic rings. The summed E-state index contributed by atoms with van der Waals surface area (Å²) in [5.41, 5.74) is -0.804. The van der Waals surface area contributed by atoms with Crippen molar-refractivity contribution in [2.24, 2.45) is 0 Å². The Labute approximate surface area is 97.8 Å². The molecule has 0 saturated carbocycles. The van der Waals surface area contributed by atoms with Gasteiger partial charge in [-0.15, -0.1) is 0 Å². The van der Waals surface area contributed by atoms with E-state index in [1.54, 1.807) is 14.0 Å². The highest BCUT2D eigenvalue weighted by Gasteiger charge is 2.19. The fourth-order valence-electron chi connectivity index (χ4n) is 1.23. The molecule has 5 nitrogen and oxygen atoms in total. The lowest BCUT2D eigenvalue weighted by Crippen LogP contribution is -2.42. The van der Waals surface area contributed by atoms with Gasteiger partial charge in [-0.05, 0) is 13.8 Å². The molecule has 98 valence electrons. The third-order valence-corrected chi connectivity index (χ3v) is 2.24. The molecule has 0 aliphatic carbocycles. The summed E-state index contributed by atoms with van der Waals surface area (Å²) >= 11 is 0. The number of rotatable bonds is 10. The normalized spacial score (nSPS) is 17.1. The average Bonchev–Trinajstić information content (AvgIpc) is 2.23. The van der Waals surface area contributed by atoms with Gasteiger partial charge in [0.05, 0.1) is 18.3 Å². The minimum Gasteiger partial charge on any atom is -0.389 e. The van der Waals surface area contributed by atoms with Crippen LogP contribution in [0.4, 0.5) is 0 Å². The van der Waals surface area contributed by atoms with Crippen molar-refractivity contribution in [3.8, 4) is 0 Å². The third-order valence-electron chi connectivity index (χ3n) is 2.24. The van der Waals surface area contributed by atoms with Crippen LogP contribution in [0.3, 0.4) is 0 Å². The molecule has 0 aromatic heterocycles. The van der Waals surface area contributed by atoms with Gasteiger partial charge in [0.2, 0.25) is 0 Å². The van der Waals surface area contributed by atoms with Crippen LogP contribution in [-0.4, -0.2) is 61.9 Å². The van der Waals surface area contributed by atoms with E-state index in [0.717, 1.165) is 0 Å². The van der Waals surface area contributed by atoms with Crippen molar-refractivity contribution in [2.45, 2.75) is 32.0 Å². The van der Waals surface area contributed by atoms with Crippen LogP contribution in [0.2, 0.25) is 0 Å².